The fourth-order valence-electron chi connectivity index (χ4n) is 1.67. The Hall–Kier alpha value is -1.49. The average Bonchev–Trinajstić information content (AvgIpc) is 2.38. The standard InChI is InChI=1S/C14H11BrF3N/c15-12-7-11(16)4-5-13(12)19-8-9-2-1-3-10(6-9)14(17)18/h1-7,14,19H,8H2. The molecule has 0 bridgehead atoms. The topological polar surface area (TPSA) is 12.0 Å². The van der Waals surface area contributed by atoms with E-state index in [0.29, 0.717) is 16.7 Å². The molecule has 0 aliphatic heterocycles. The van der Waals surface area contributed by atoms with Crippen LogP contribution in [0.4, 0.5) is 18.9 Å². The molecule has 0 saturated heterocycles. The van der Waals surface area contributed by atoms with Crippen LogP contribution >= 0.6 is 15.9 Å². The second-order valence-corrected chi connectivity index (χ2v) is 4.88. The van der Waals surface area contributed by atoms with Gasteiger partial charge in [-0.05, 0) is 45.8 Å². The number of nitrogens with one attached hydrogen (secondary N) is 1. The molecule has 2 rings (SSSR count). The molecule has 0 spiro atoms. The van der Waals surface area contributed by atoms with Crippen LogP contribution in [0.2, 0.25) is 0 Å². The third kappa shape index (κ3) is 3.73. The normalized spacial score (nSPS) is 10.8. The number of hydrogen-bond acceptors (Lipinski definition) is 1. The first-order valence-corrected chi connectivity index (χ1v) is 6.41. The molecule has 0 atom stereocenters. The lowest BCUT2D eigenvalue weighted by atomic mass is 10.1. The van der Waals surface area contributed by atoms with Gasteiger partial charge in [0.2, 0.25) is 0 Å². The molecule has 2 aromatic rings. The van der Waals surface area contributed by atoms with Gasteiger partial charge in [0.15, 0.2) is 0 Å². The average molecular weight is 330 g/mol. The third-order valence-electron chi connectivity index (χ3n) is 2.62. The van der Waals surface area contributed by atoms with Gasteiger partial charge in [-0.25, -0.2) is 13.2 Å². The molecule has 5 heteroatoms. The zero-order valence-corrected chi connectivity index (χ0v) is 11.4. The number of hydrogen-bond donors (Lipinski definition) is 1. The van der Waals surface area contributed by atoms with Gasteiger partial charge in [-0.1, -0.05) is 18.2 Å². The lowest BCUT2D eigenvalue weighted by Crippen LogP contribution is -2.01. The summed E-state index contributed by atoms with van der Waals surface area (Å²) in [5.41, 5.74) is 1.45. The molecule has 0 unspecified atom stereocenters. The van der Waals surface area contributed by atoms with Gasteiger partial charge in [0.1, 0.15) is 5.82 Å². The Morgan fingerprint density at radius 2 is 1.89 bits per heavy atom. The monoisotopic (exact) mass is 329 g/mol. The van der Waals surface area contributed by atoms with Gasteiger partial charge >= 0.3 is 0 Å². The lowest BCUT2D eigenvalue weighted by Gasteiger charge is -2.09. The van der Waals surface area contributed by atoms with Crippen molar-refractivity contribution in [3.63, 3.8) is 0 Å². The van der Waals surface area contributed by atoms with E-state index in [9.17, 15) is 13.2 Å². The Morgan fingerprint density at radius 1 is 1.11 bits per heavy atom. The summed E-state index contributed by atoms with van der Waals surface area (Å²) in [7, 11) is 0. The van der Waals surface area contributed by atoms with E-state index in [2.05, 4.69) is 21.2 Å². The van der Waals surface area contributed by atoms with E-state index in [0.717, 1.165) is 5.56 Å². The molecule has 0 radical (unpaired) electrons. The predicted octanol–water partition coefficient (Wildman–Crippen LogP) is 5.14. The van der Waals surface area contributed by atoms with Crippen molar-refractivity contribution in [3.05, 3.63) is 63.9 Å². The highest BCUT2D eigenvalue weighted by atomic mass is 79.9. The number of rotatable bonds is 4. The Labute approximate surface area is 117 Å². The van der Waals surface area contributed by atoms with Crippen LogP contribution in [0.15, 0.2) is 46.9 Å². The molecule has 100 valence electrons. The molecular weight excluding hydrogens is 319 g/mol. The van der Waals surface area contributed by atoms with E-state index in [1.54, 1.807) is 18.2 Å². The molecular formula is C14H11BrF3N. The van der Waals surface area contributed by atoms with E-state index in [4.69, 9.17) is 0 Å². The van der Waals surface area contributed by atoms with Gasteiger partial charge in [0.25, 0.3) is 6.43 Å². The molecule has 19 heavy (non-hydrogen) atoms. The number of halogens is 4. The van der Waals surface area contributed by atoms with Crippen LogP contribution < -0.4 is 5.32 Å². The molecule has 0 aliphatic rings. The first-order chi connectivity index (χ1) is 9.06. The van der Waals surface area contributed by atoms with Crippen molar-refractivity contribution in [2.45, 2.75) is 13.0 Å². The molecule has 2 aromatic carbocycles. The molecule has 0 heterocycles. The maximum Gasteiger partial charge on any atom is 0.263 e. The van der Waals surface area contributed by atoms with Crippen LogP contribution in [-0.4, -0.2) is 0 Å². The smallest absolute Gasteiger partial charge is 0.263 e. The minimum Gasteiger partial charge on any atom is -0.380 e. The molecule has 0 amide bonds. The minimum atomic E-state index is -2.47. The highest BCUT2D eigenvalue weighted by Crippen LogP contribution is 2.24. The quantitative estimate of drug-likeness (QED) is 0.819. The van der Waals surface area contributed by atoms with Gasteiger partial charge in [0, 0.05) is 22.3 Å². The predicted molar refractivity (Wildman–Crippen MR) is 72.8 cm³/mol. The van der Waals surface area contributed by atoms with Gasteiger partial charge < -0.3 is 5.32 Å². The van der Waals surface area contributed by atoms with Crippen LogP contribution in [0.5, 0.6) is 0 Å². The second-order valence-electron chi connectivity index (χ2n) is 4.02. The van der Waals surface area contributed by atoms with E-state index in [1.807, 2.05) is 0 Å². The van der Waals surface area contributed by atoms with Crippen LogP contribution in [0.3, 0.4) is 0 Å². The molecule has 1 nitrogen and oxygen atoms in total. The molecule has 0 fully saturated rings. The summed E-state index contributed by atoms with van der Waals surface area (Å²) in [6.45, 7) is 0.394. The van der Waals surface area contributed by atoms with Crippen molar-refractivity contribution in [3.8, 4) is 0 Å². The van der Waals surface area contributed by atoms with Gasteiger partial charge in [-0.15, -0.1) is 0 Å². The summed E-state index contributed by atoms with van der Waals surface area (Å²) in [6.07, 6.45) is -2.47. The SMILES string of the molecule is Fc1ccc(NCc2cccc(C(F)F)c2)c(Br)c1. The third-order valence-corrected chi connectivity index (χ3v) is 3.27. The van der Waals surface area contributed by atoms with Gasteiger partial charge in [0.05, 0.1) is 0 Å². The van der Waals surface area contributed by atoms with E-state index < -0.39 is 6.43 Å². The zero-order chi connectivity index (χ0) is 13.8. The van der Waals surface area contributed by atoms with Gasteiger partial charge in [-0.3, -0.25) is 0 Å². The van der Waals surface area contributed by atoms with E-state index in [-0.39, 0.29) is 11.4 Å². The summed E-state index contributed by atoms with van der Waals surface area (Å²) in [5, 5.41) is 3.06. The highest BCUT2D eigenvalue weighted by Gasteiger charge is 2.07. The van der Waals surface area contributed by atoms with Crippen LogP contribution in [0.1, 0.15) is 17.6 Å². The maximum atomic E-state index is 12.9. The maximum absolute atomic E-state index is 12.9. The summed E-state index contributed by atoms with van der Waals surface area (Å²) in [5.74, 6) is -0.336. The lowest BCUT2D eigenvalue weighted by molar-refractivity contribution is 0.151. The molecule has 0 saturated carbocycles. The summed E-state index contributed by atoms with van der Waals surface area (Å²) < 4.78 is 38.6. The fraction of sp³-hybridized carbons (Fsp3) is 0.143. The molecule has 0 aliphatic carbocycles. The van der Waals surface area contributed by atoms with Crippen molar-refractivity contribution in [2.75, 3.05) is 5.32 Å². The number of alkyl halides is 2. The Morgan fingerprint density at radius 3 is 2.58 bits per heavy atom. The first-order valence-electron chi connectivity index (χ1n) is 5.62. The highest BCUT2D eigenvalue weighted by molar-refractivity contribution is 9.10. The fourth-order valence-corrected chi connectivity index (χ4v) is 2.16. The van der Waals surface area contributed by atoms with Crippen LogP contribution in [-0.2, 0) is 6.54 Å². The molecule has 1 N–H and O–H groups in total. The second kappa shape index (κ2) is 6.10. The number of anilines is 1. The van der Waals surface area contributed by atoms with Crippen LogP contribution in [0, 0.1) is 5.82 Å². The van der Waals surface area contributed by atoms with E-state index >= 15 is 0 Å². The molecule has 0 aromatic heterocycles. The van der Waals surface area contributed by atoms with Crippen molar-refractivity contribution >= 4 is 21.6 Å². The van der Waals surface area contributed by atoms with Crippen molar-refractivity contribution in [1.29, 1.82) is 0 Å². The summed E-state index contributed by atoms with van der Waals surface area (Å²) >= 11 is 3.24. The van der Waals surface area contributed by atoms with Crippen molar-refractivity contribution in [2.24, 2.45) is 0 Å². The zero-order valence-electron chi connectivity index (χ0n) is 9.84. The minimum absolute atomic E-state index is 0.00234. The first kappa shape index (κ1) is 13.9. The van der Waals surface area contributed by atoms with Crippen molar-refractivity contribution in [1.82, 2.24) is 0 Å². The summed E-state index contributed by atoms with van der Waals surface area (Å²) in [4.78, 5) is 0. The van der Waals surface area contributed by atoms with Gasteiger partial charge in [-0.2, -0.15) is 0 Å². The van der Waals surface area contributed by atoms with Crippen LogP contribution in [0.25, 0.3) is 0 Å². The number of benzene rings is 2. The largest absolute Gasteiger partial charge is 0.380 e. The Balaban J connectivity index is 2.08. The summed E-state index contributed by atoms with van der Waals surface area (Å²) in [6, 6.07) is 10.5. The Bertz CT molecular complexity index is 572. The van der Waals surface area contributed by atoms with Crippen molar-refractivity contribution < 1.29 is 13.2 Å². The Kier molecular flexibility index (Phi) is 4.47. The van der Waals surface area contributed by atoms with E-state index in [1.165, 1.54) is 24.3 Å².